The second-order valence-corrected chi connectivity index (χ2v) is 7.69. The van der Waals surface area contributed by atoms with Crippen LogP contribution in [0.3, 0.4) is 0 Å². The molecule has 2 amide bonds. The predicted molar refractivity (Wildman–Crippen MR) is 107 cm³/mol. The van der Waals surface area contributed by atoms with Gasteiger partial charge in [0, 0.05) is 22.9 Å². The SMILES string of the molecule is CCCN(CC(=O)Nc1ccc(F)c(F)c1F)C(=O)c1csc(-c2ccsc2)n1. The smallest absolute Gasteiger partial charge is 0.273 e. The van der Waals surface area contributed by atoms with Gasteiger partial charge in [-0.3, -0.25) is 9.59 Å². The predicted octanol–water partition coefficient (Wildman–Crippen LogP) is 4.78. The topological polar surface area (TPSA) is 62.3 Å². The molecule has 0 unspecified atom stereocenters. The molecule has 0 fully saturated rings. The summed E-state index contributed by atoms with van der Waals surface area (Å²) in [6, 6.07) is 3.53. The summed E-state index contributed by atoms with van der Waals surface area (Å²) in [5, 5.41) is 8.30. The molecule has 3 aromatic rings. The summed E-state index contributed by atoms with van der Waals surface area (Å²) < 4.78 is 40.1. The Kier molecular flexibility index (Phi) is 6.65. The first-order valence-electron chi connectivity index (χ1n) is 8.61. The number of nitrogens with one attached hydrogen (secondary N) is 1. The van der Waals surface area contributed by atoms with Crippen molar-refractivity contribution in [3.05, 3.63) is 57.5 Å². The number of benzene rings is 1. The lowest BCUT2D eigenvalue weighted by molar-refractivity contribution is -0.116. The van der Waals surface area contributed by atoms with Crippen molar-refractivity contribution in [1.82, 2.24) is 9.88 Å². The Balaban J connectivity index is 1.72. The molecule has 0 saturated carbocycles. The molecule has 5 nitrogen and oxygen atoms in total. The van der Waals surface area contributed by atoms with Crippen LogP contribution in [0.15, 0.2) is 34.3 Å². The van der Waals surface area contributed by atoms with E-state index in [0.29, 0.717) is 17.5 Å². The third-order valence-electron chi connectivity index (χ3n) is 3.92. The van der Waals surface area contributed by atoms with Crippen molar-refractivity contribution in [2.24, 2.45) is 0 Å². The molecule has 0 atom stereocenters. The largest absolute Gasteiger partial charge is 0.328 e. The van der Waals surface area contributed by atoms with Crippen molar-refractivity contribution in [2.45, 2.75) is 13.3 Å². The fourth-order valence-electron chi connectivity index (χ4n) is 2.56. The minimum absolute atomic E-state index is 0.205. The van der Waals surface area contributed by atoms with E-state index in [1.807, 2.05) is 23.8 Å². The number of anilines is 1. The van der Waals surface area contributed by atoms with E-state index in [4.69, 9.17) is 0 Å². The minimum Gasteiger partial charge on any atom is -0.328 e. The highest BCUT2D eigenvalue weighted by Gasteiger charge is 2.22. The van der Waals surface area contributed by atoms with E-state index in [1.165, 1.54) is 27.6 Å². The van der Waals surface area contributed by atoms with Gasteiger partial charge in [-0.05, 0) is 30.0 Å². The Labute approximate surface area is 172 Å². The van der Waals surface area contributed by atoms with E-state index >= 15 is 0 Å². The molecular weight excluding hydrogens is 423 g/mol. The third-order valence-corrected chi connectivity index (χ3v) is 5.49. The van der Waals surface area contributed by atoms with Crippen molar-refractivity contribution < 1.29 is 22.8 Å². The van der Waals surface area contributed by atoms with Crippen LogP contribution >= 0.6 is 22.7 Å². The zero-order valence-corrected chi connectivity index (χ0v) is 16.9. The maximum absolute atomic E-state index is 13.8. The Bertz CT molecular complexity index is 1020. The summed E-state index contributed by atoms with van der Waals surface area (Å²) >= 11 is 2.83. The number of hydrogen-bond acceptors (Lipinski definition) is 5. The number of carbonyl (C=O) groups excluding carboxylic acids is 2. The highest BCUT2D eigenvalue weighted by Crippen LogP contribution is 2.26. The molecule has 0 bridgehead atoms. The lowest BCUT2D eigenvalue weighted by Gasteiger charge is -2.20. The summed E-state index contributed by atoms with van der Waals surface area (Å²) in [5.41, 5.74) is 0.621. The molecule has 1 aromatic carbocycles. The quantitative estimate of drug-likeness (QED) is 0.539. The van der Waals surface area contributed by atoms with E-state index < -0.39 is 35.0 Å². The third kappa shape index (κ3) is 4.83. The average Bonchev–Trinajstić information content (AvgIpc) is 3.39. The Morgan fingerprint density at radius 1 is 1.14 bits per heavy atom. The van der Waals surface area contributed by atoms with E-state index in [-0.39, 0.29) is 18.8 Å². The molecule has 2 aromatic heterocycles. The van der Waals surface area contributed by atoms with Gasteiger partial charge in [-0.25, -0.2) is 18.2 Å². The van der Waals surface area contributed by atoms with Crippen molar-refractivity contribution in [1.29, 1.82) is 0 Å². The standard InChI is InChI=1S/C19H16F3N3O2S2/c1-2-6-25(8-15(26)23-13-4-3-12(20)16(21)17(13)22)19(27)14-10-29-18(24-14)11-5-7-28-9-11/h3-5,7,9-10H,2,6,8H2,1H3,(H,23,26). The maximum atomic E-state index is 13.8. The van der Waals surface area contributed by atoms with Crippen molar-refractivity contribution >= 4 is 40.2 Å². The van der Waals surface area contributed by atoms with E-state index in [1.54, 1.807) is 5.38 Å². The molecule has 1 N–H and O–H groups in total. The molecular formula is C19H16F3N3O2S2. The summed E-state index contributed by atoms with van der Waals surface area (Å²) in [5.74, 6) is -5.69. The molecule has 152 valence electrons. The summed E-state index contributed by atoms with van der Waals surface area (Å²) in [6.07, 6.45) is 0.583. The number of nitrogens with zero attached hydrogens (tertiary/aromatic N) is 2. The monoisotopic (exact) mass is 439 g/mol. The minimum atomic E-state index is -1.67. The second kappa shape index (κ2) is 9.19. The molecule has 3 rings (SSSR count). The van der Waals surface area contributed by atoms with E-state index in [0.717, 1.165) is 11.6 Å². The van der Waals surface area contributed by atoms with Crippen molar-refractivity contribution in [3.63, 3.8) is 0 Å². The first kappa shape index (κ1) is 21.0. The lowest BCUT2D eigenvalue weighted by atomic mass is 10.2. The van der Waals surface area contributed by atoms with Crippen LogP contribution in [-0.4, -0.2) is 34.8 Å². The highest BCUT2D eigenvalue weighted by atomic mass is 32.1. The van der Waals surface area contributed by atoms with Gasteiger partial charge in [0.2, 0.25) is 5.91 Å². The molecule has 0 saturated heterocycles. The van der Waals surface area contributed by atoms with Crippen molar-refractivity contribution in [3.8, 4) is 10.6 Å². The number of thiazole rings is 1. The number of hydrogen-bond donors (Lipinski definition) is 1. The molecule has 0 aliphatic carbocycles. The van der Waals surface area contributed by atoms with Crippen LogP contribution in [0.5, 0.6) is 0 Å². The van der Waals surface area contributed by atoms with Gasteiger partial charge in [-0.15, -0.1) is 11.3 Å². The second-order valence-electron chi connectivity index (χ2n) is 6.05. The zero-order chi connectivity index (χ0) is 21.0. The van der Waals surface area contributed by atoms with Crippen LogP contribution in [0.4, 0.5) is 18.9 Å². The van der Waals surface area contributed by atoms with Gasteiger partial charge in [0.05, 0.1) is 5.69 Å². The lowest BCUT2D eigenvalue weighted by Crippen LogP contribution is -2.38. The molecule has 29 heavy (non-hydrogen) atoms. The highest BCUT2D eigenvalue weighted by molar-refractivity contribution is 7.14. The number of halogens is 3. The Hall–Kier alpha value is -2.72. The molecule has 0 aliphatic heterocycles. The fourth-order valence-corrected chi connectivity index (χ4v) is 4.07. The van der Waals surface area contributed by atoms with Gasteiger partial charge < -0.3 is 10.2 Å². The molecule has 0 spiro atoms. The van der Waals surface area contributed by atoms with Gasteiger partial charge in [0.15, 0.2) is 17.5 Å². The van der Waals surface area contributed by atoms with Crippen molar-refractivity contribution in [2.75, 3.05) is 18.4 Å². The average molecular weight is 439 g/mol. The summed E-state index contributed by atoms with van der Waals surface area (Å²) in [7, 11) is 0. The summed E-state index contributed by atoms with van der Waals surface area (Å²) in [4.78, 5) is 30.7. The van der Waals surface area contributed by atoms with Gasteiger partial charge in [-0.2, -0.15) is 11.3 Å². The molecule has 2 heterocycles. The Morgan fingerprint density at radius 2 is 1.93 bits per heavy atom. The fraction of sp³-hybridized carbons (Fsp3) is 0.211. The first-order chi connectivity index (χ1) is 13.9. The maximum Gasteiger partial charge on any atom is 0.273 e. The van der Waals surface area contributed by atoms with Crippen LogP contribution in [0.2, 0.25) is 0 Å². The Morgan fingerprint density at radius 3 is 2.62 bits per heavy atom. The van der Waals surface area contributed by atoms with Crippen LogP contribution < -0.4 is 5.32 Å². The first-order valence-corrected chi connectivity index (χ1v) is 10.4. The molecule has 0 radical (unpaired) electrons. The van der Waals surface area contributed by atoms with Crippen LogP contribution in [0.25, 0.3) is 10.6 Å². The number of rotatable bonds is 7. The number of amides is 2. The normalized spacial score (nSPS) is 10.8. The number of aromatic nitrogens is 1. The van der Waals surface area contributed by atoms with Gasteiger partial charge in [0.1, 0.15) is 17.2 Å². The van der Waals surface area contributed by atoms with E-state index in [2.05, 4.69) is 10.3 Å². The van der Waals surface area contributed by atoms with E-state index in [9.17, 15) is 22.8 Å². The van der Waals surface area contributed by atoms with Crippen LogP contribution in [-0.2, 0) is 4.79 Å². The number of thiophene rings is 1. The zero-order valence-electron chi connectivity index (χ0n) is 15.2. The molecule has 10 heteroatoms. The van der Waals surface area contributed by atoms with Crippen LogP contribution in [0.1, 0.15) is 23.8 Å². The number of carbonyl (C=O) groups is 2. The van der Waals surface area contributed by atoms with Gasteiger partial charge in [-0.1, -0.05) is 6.92 Å². The van der Waals surface area contributed by atoms with Crippen LogP contribution in [0, 0.1) is 17.5 Å². The molecule has 0 aliphatic rings. The van der Waals surface area contributed by atoms with Gasteiger partial charge >= 0.3 is 0 Å². The van der Waals surface area contributed by atoms with Gasteiger partial charge in [0.25, 0.3) is 5.91 Å². The summed E-state index contributed by atoms with van der Waals surface area (Å²) in [6.45, 7) is 1.74.